The van der Waals surface area contributed by atoms with Crippen molar-refractivity contribution in [3.63, 3.8) is 0 Å². The van der Waals surface area contributed by atoms with Crippen LogP contribution in [0.15, 0.2) is 18.3 Å². The Morgan fingerprint density at radius 2 is 2.27 bits per heavy atom. The highest BCUT2D eigenvalue weighted by molar-refractivity contribution is 9.08. The van der Waals surface area contributed by atoms with Crippen LogP contribution in [-0.4, -0.2) is 9.38 Å². The smallest absolute Gasteiger partial charge is 0.149 e. The summed E-state index contributed by atoms with van der Waals surface area (Å²) in [6, 6.07) is 3.17. The summed E-state index contributed by atoms with van der Waals surface area (Å²) in [6.07, 6.45) is 1.85. The Morgan fingerprint density at radius 1 is 1.53 bits per heavy atom. The molecule has 2 aromatic heterocycles. The van der Waals surface area contributed by atoms with E-state index in [-0.39, 0.29) is 11.7 Å². The second-order valence-corrected chi connectivity index (χ2v) is 4.34. The van der Waals surface area contributed by atoms with E-state index in [1.54, 1.807) is 6.07 Å². The van der Waals surface area contributed by atoms with Crippen molar-refractivity contribution in [2.75, 3.05) is 0 Å². The molecule has 0 aliphatic rings. The van der Waals surface area contributed by atoms with Gasteiger partial charge >= 0.3 is 0 Å². The van der Waals surface area contributed by atoms with Crippen LogP contribution in [0.2, 0.25) is 0 Å². The molecule has 0 aliphatic carbocycles. The quantitative estimate of drug-likeness (QED) is 0.764. The first-order chi connectivity index (χ1) is 7.15. The number of alkyl halides is 1. The number of hydrogen-bond donors (Lipinski definition) is 0. The van der Waals surface area contributed by atoms with Crippen LogP contribution in [0, 0.1) is 5.82 Å². The van der Waals surface area contributed by atoms with Gasteiger partial charge in [-0.05, 0) is 12.1 Å². The minimum absolute atomic E-state index is 0.216. The van der Waals surface area contributed by atoms with Gasteiger partial charge in [-0.25, -0.2) is 9.37 Å². The molecule has 0 bridgehead atoms. The number of halogens is 2. The topological polar surface area (TPSA) is 17.3 Å². The summed E-state index contributed by atoms with van der Waals surface area (Å²) < 4.78 is 15.5. The van der Waals surface area contributed by atoms with Crippen molar-refractivity contribution >= 4 is 21.4 Å². The minimum Gasteiger partial charge on any atom is -0.301 e. The van der Waals surface area contributed by atoms with Crippen molar-refractivity contribution in [1.29, 1.82) is 0 Å². The summed E-state index contributed by atoms with van der Waals surface area (Å²) in [7, 11) is 0. The van der Waals surface area contributed by atoms with E-state index in [2.05, 4.69) is 34.8 Å². The van der Waals surface area contributed by atoms with Gasteiger partial charge < -0.3 is 4.40 Å². The van der Waals surface area contributed by atoms with Crippen LogP contribution < -0.4 is 0 Å². The largest absolute Gasteiger partial charge is 0.301 e. The maximum absolute atomic E-state index is 13.6. The van der Waals surface area contributed by atoms with E-state index in [1.165, 1.54) is 6.07 Å². The number of nitrogens with zero attached hydrogens (tertiary/aromatic N) is 2. The van der Waals surface area contributed by atoms with Crippen molar-refractivity contribution in [2.24, 2.45) is 0 Å². The fourth-order valence-electron chi connectivity index (χ4n) is 1.70. The Morgan fingerprint density at radius 3 is 2.87 bits per heavy atom. The van der Waals surface area contributed by atoms with E-state index in [1.807, 2.05) is 10.6 Å². The van der Waals surface area contributed by atoms with Gasteiger partial charge in [0.15, 0.2) is 0 Å². The number of hydrogen-bond acceptors (Lipinski definition) is 1. The first-order valence-corrected chi connectivity index (χ1v) is 5.98. The summed E-state index contributed by atoms with van der Waals surface area (Å²) >= 11 is 3.33. The summed E-state index contributed by atoms with van der Waals surface area (Å²) in [6.45, 7) is 4.11. The standard InChI is InChI=1S/C11H12BrFN2/c1-7(2)11-14-9(6-12)10-8(13)4-3-5-15(10)11/h3-5,7H,6H2,1-2H3. The van der Waals surface area contributed by atoms with Gasteiger partial charge in [-0.15, -0.1) is 0 Å². The lowest BCUT2D eigenvalue weighted by Crippen LogP contribution is -1.96. The van der Waals surface area contributed by atoms with Crippen LogP contribution in [-0.2, 0) is 5.33 Å². The third-order valence-corrected chi connectivity index (χ3v) is 2.89. The van der Waals surface area contributed by atoms with Crippen LogP contribution in [0.3, 0.4) is 0 Å². The van der Waals surface area contributed by atoms with Gasteiger partial charge in [0.2, 0.25) is 0 Å². The average molecular weight is 271 g/mol. The monoisotopic (exact) mass is 270 g/mol. The zero-order valence-electron chi connectivity index (χ0n) is 8.67. The third kappa shape index (κ3) is 1.67. The molecule has 2 rings (SSSR count). The number of pyridine rings is 1. The zero-order valence-corrected chi connectivity index (χ0v) is 10.3. The van der Waals surface area contributed by atoms with Gasteiger partial charge in [0.1, 0.15) is 17.2 Å². The van der Waals surface area contributed by atoms with Gasteiger partial charge in [0, 0.05) is 17.4 Å². The maximum Gasteiger partial charge on any atom is 0.149 e. The van der Waals surface area contributed by atoms with Gasteiger partial charge in [-0.3, -0.25) is 0 Å². The Kier molecular flexibility index (Phi) is 2.78. The molecule has 0 atom stereocenters. The lowest BCUT2D eigenvalue weighted by Gasteiger charge is -2.03. The predicted molar refractivity (Wildman–Crippen MR) is 61.9 cm³/mol. The molecule has 0 spiro atoms. The molecule has 0 fully saturated rings. The predicted octanol–water partition coefficient (Wildman–Crippen LogP) is 3.49. The fourth-order valence-corrected chi connectivity index (χ4v) is 2.09. The second kappa shape index (κ2) is 3.93. The van der Waals surface area contributed by atoms with Crippen LogP contribution in [0.25, 0.3) is 5.52 Å². The molecule has 0 aromatic carbocycles. The van der Waals surface area contributed by atoms with Crippen molar-refractivity contribution in [2.45, 2.75) is 25.1 Å². The maximum atomic E-state index is 13.6. The van der Waals surface area contributed by atoms with E-state index < -0.39 is 0 Å². The lowest BCUT2D eigenvalue weighted by atomic mass is 10.2. The summed E-state index contributed by atoms with van der Waals surface area (Å²) in [5.41, 5.74) is 1.34. The molecule has 0 N–H and O–H groups in total. The van der Waals surface area contributed by atoms with E-state index >= 15 is 0 Å². The fraction of sp³-hybridized carbons (Fsp3) is 0.364. The van der Waals surface area contributed by atoms with Crippen molar-refractivity contribution in [3.05, 3.63) is 35.7 Å². The molecule has 15 heavy (non-hydrogen) atoms. The first kappa shape index (κ1) is 10.6. The van der Waals surface area contributed by atoms with E-state index in [9.17, 15) is 4.39 Å². The summed E-state index contributed by atoms with van der Waals surface area (Å²) in [5, 5.41) is 0.574. The average Bonchev–Trinajstić information content (AvgIpc) is 2.58. The van der Waals surface area contributed by atoms with E-state index in [4.69, 9.17) is 0 Å². The number of aromatic nitrogens is 2. The lowest BCUT2D eigenvalue weighted by molar-refractivity contribution is 0.630. The molecule has 0 aliphatic heterocycles. The summed E-state index contributed by atoms with van der Waals surface area (Å²) in [4.78, 5) is 4.44. The number of rotatable bonds is 2. The Hall–Kier alpha value is -0.900. The Labute approximate surface area is 96.3 Å². The van der Waals surface area contributed by atoms with E-state index in [0.29, 0.717) is 10.8 Å². The highest BCUT2D eigenvalue weighted by Crippen LogP contribution is 2.23. The second-order valence-electron chi connectivity index (χ2n) is 3.78. The Bertz CT molecular complexity index is 491. The highest BCUT2D eigenvalue weighted by atomic mass is 79.9. The molecular formula is C11H12BrFN2. The molecule has 0 radical (unpaired) electrons. The first-order valence-electron chi connectivity index (χ1n) is 4.86. The summed E-state index contributed by atoms with van der Waals surface area (Å²) in [5.74, 6) is 0.970. The molecule has 0 saturated heterocycles. The minimum atomic E-state index is -0.216. The van der Waals surface area contributed by atoms with Gasteiger partial charge in [0.05, 0.1) is 5.69 Å². The van der Waals surface area contributed by atoms with Crippen LogP contribution in [0.1, 0.15) is 31.3 Å². The van der Waals surface area contributed by atoms with Crippen LogP contribution in [0.5, 0.6) is 0 Å². The van der Waals surface area contributed by atoms with Crippen molar-refractivity contribution in [1.82, 2.24) is 9.38 Å². The number of fused-ring (bicyclic) bond motifs is 1. The third-order valence-electron chi connectivity index (χ3n) is 2.36. The molecule has 80 valence electrons. The van der Waals surface area contributed by atoms with Crippen LogP contribution >= 0.6 is 15.9 Å². The molecule has 4 heteroatoms. The molecule has 0 saturated carbocycles. The highest BCUT2D eigenvalue weighted by Gasteiger charge is 2.15. The van der Waals surface area contributed by atoms with Crippen LogP contribution in [0.4, 0.5) is 4.39 Å². The van der Waals surface area contributed by atoms with Gasteiger partial charge in [-0.2, -0.15) is 0 Å². The zero-order chi connectivity index (χ0) is 11.0. The van der Waals surface area contributed by atoms with Crippen molar-refractivity contribution < 1.29 is 4.39 Å². The van der Waals surface area contributed by atoms with Gasteiger partial charge in [0.25, 0.3) is 0 Å². The molecular weight excluding hydrogens is 259 g/mol. The van der Waals surface area contributed by atoms with Gasteiger partial charge in [-0.1, -0.05) is 29.8 Å². The normalized spacial score (nSPS) is 11.5. The van der Waals surface area contributed by atoms with E-state index in [0.717, 1.165) is 11.5 Å². The molecule has 0 unspecified atom stereocenters. The number of imidazole rings is 1. The molecule has 2 heterocycles. The Balaban J connectivity index is 2.81. The molecule has 2 nitrogen and oxygen atoms in total. The van der Waals surface area contributed by atoms with Crippen molar-refractivity contribution in [3.8, 4) is 0 Å². The SMILES string of the molecule is CC(C)c1nc(CBr)c2c(F)cccn12. The molecule has 0 amide bonds. The molecule has 2 aromatic rings.